The molecule has 108 valence electrons. The van der Waals surface area contributed by atoms with Crippen LogP contribution >= 0.6 is 15.9 Å². The molecule has 5 nitrogen and oxygen atoms in total. The smallest absolute Gasteiger partial charge is 0.319 e. The quantitative estimate of drug-likeness (QED) is 0.786. The Morgan fingerprint density at radius 2 is 2.10 bits per heavy atom. The number of halogens is 1. The third-order valence-electron chi connectivity index (χ3n) is 3.55. The highest BCUT2D eigenvalue weighted by Gasteiger charge is 2.40. The third-order valence-corrected chi connectivity index (χ3v) is 4.24. The van der Waals surface area contributed by atoms with Crippen LogP contribution in [0.15, 0.2) is 22.7 Å². The van der Waals surface area contributed by atoms with E-state index in [0.29, 0.717) is 18.5 Å². The number of amides is 2. The zero-order chi connectivity index (χ0) is 14.8. The van der Waals surface area contributed by atoms with Gasteiger partial charge in [0.1, 0.15) is 0 Å². The number of nitrogens with one attached hydrogen (secondary N) is 2. The summed E-state index contributed by atoms with van der Waals surface area (Å²) >= 11 is 3.37. The van der Waals surface area contributed by atoms with Gasteiger partial charge in [0, 0.05) is 4.47 Å². The molecule has 3 N–H and O–H groups in total. The number of carbonyl (C=O) groups excluding carboxylic acids is 1. The number of rotatable bonds is 4. The summed E-state index contributed by atoms with van der Waals surface area (Å²) in [6.07, 6.45) is 2.33. The zero-order valence-electron chi connectivity index (χ0n) is 11.2. The second-order valence-corrected chi connectivity index (χ2v) is 6.12. The van der Waals surface area contributed by atoms with Crippen LogP contribution in [0.25, 0.3) is 0 Å². The lowest BCUT2D eigenvalue weighted by Gasteiger charge is -2.41. The molecule has 0 atom stereocenters. The molecule has 0 unspecified atom stereocenters. The van der Waals surface area contributed by atoms with E-state index in [9.17, 15) is 9.59 Å². The first-order valence-electron chi connectivity index (χ1n) is 6.47. The molecule has 1 aliphatic rings. The maximum absolute atomic E-state index is 12.0. The molecule has 20 heavy (non-hydrogen) atoms. The van der Waals surface area contributed by atoms with E-state index >= 15 is 0 Å². The molecule has 0 aromatic heterocycles. The minimum Gasteiger partial charge on any atom is -0.481 e. The normalized spacial score (nSPS) is 16.1. The van der Waals surface area contributed by atoms with E-state index in [2.05, 4.69) is 26.6 Å². The van der Waals surface area contributed by atoms with Crippen molar-refractivity contribution in [1.82, 2.24) is 5.32 Å². The van der Waals surface area contributed by atoms with E-state index in [0.717, 1.165) is 16.5 Å². The third kappa shape index (κ3) is 3.50. The molecule has 0 spiro atoms. The topological polar surface area (TPSA) is 78.4 Å². The second kappa shape index (κ2) is 5.83. The van der Waals surface area contributed by atoms with Crippen molar-refractivity contribution in [2.45, 2.75) is 38.1 Å². The average molecular weight is 341 g/mol. The highest BCUT2D eigenvalue weighted by atomic mass is 79.9. The highest BCUT2D eigenvalue weighted by molar-refractivity contribution is 9.10. The number of aryl methyl sites for hydroxylation is 1. The van der Waals surface area contributed by atoms with E-state index < -0.39 is 11.5 Å². The Bertz CT molecular complexity index is 541. The Balaban J connectivity index is 2.01. The van der Waals surface area contributed by atoms with Gasteiger partial charge in [0.2, 0.25) is 0 Å². The summed E-state index contributed by atoms with van der Waals surface area (Å²) < 4.78 is 0.791. The molecule has 2 amide bonds. The first-order valence-corrected chi connectivity index (χ1v) is 7.27. The van der Waals surface area contributed by atoms with Crippen LogP contribution in [0, 0.1) is 6.92 Å². The molecule has 1 aliphatic carbocycles. The van der Waals surface area contributed by atoms with Crippen LogP contribution in [0.1, 0.15) is 31.2 Å². The molecular weight excluding hydrogens is 324 g/mol. The van der Waals surface area contributed by atoms with Crippen molar-refractivity contribution < 1.29 is 14.7 Å². The zero-order valence-corrected chi connectivity index (χ0v) is 12.8. The molecule has 1 saturated carbocycles. The largest absolute Gasteiger partial charge is 0.481 e. The van der Waals surface area contributed by atoms with E-state index in [4.69, 9.17) is 5.11 Å². The fourth-order valence-corrected chi connectivity index (χ4v) is 2.71. The maximum Gasteiger partial charge on any atom is 0.319 e. The number of anilines is 1. The van der Waals surface area contributed by atoms with Gasteiger partial charge in [0.15, 0.2) is 0 Å². The summed E-state index contributed by atoms with van der Waals surface area (Å²) in [6, 6.07) is 5.29. The van der Waals surface area contributed by atoms with Crippen LogP contribution in [0.3, 0.4) is 0 Å². The van der Waals surface area contributed by atoms with E-state index in [1.165, 1.54) is 0 Å². The highest BCUT2D eigenvalue weighted by Crippen LogP contribution is 2.35. The summed E-state index contributed by atoms with van der Waals surface area (Å²) in [4.78, 5) is 22.9. The standard InChI is InChI=1S/C14H17BrN2O3/c1-9-3-4-10(15)11(7-9)16-13(20)17-14(5-2-6-14)8-12(18)19/h3-4,7H,2,5-6,8H2,1H3,(H,18,19)(H2,16,17,20). The van der Waals surface area contributed by atoms with Crippen molar-refractivity contribution in [3.63, 3.8) is 0 Å². The van der Waals surface area contributed by atoms with Gasteiger partial charge in [-0.1, -0.05) is 6.07 Å². The summed E-state index contributed by atoms with van der Waals surface area (Å²) in [7, 11) is 0. The first kappa shape index (κ1) is 14.8. The Morgan fingerprint density at radius 3 is 2.65 bits per heavy atom. The molecule has 6 heteroatoms. The van der Waals surface area contributed by atoms with Gasteiger partial charge < -0.3 is 15.7 Å². The molecule has 1 aromatic carbocycles. The number of carbonyl (C=O) groups is 2. The van der Waals surface area contributed by atoms with Gasteiger partial charge in [-0.2, -0.15) is 0 Å². The second-order valence-electron chi connectivity index (χ2n) is 5.27. The summed E-state index contributed by atoms with van der Waals surface area (Å²) in [5, 5.41) is 14.5. The van der Waals surface area contributed by atoms with Crippen molar-refractivity contribution in [1.29, 1.82) is 0 Å². The molecule has 2 rings (SSSR count). The SMILES string of the molecule is Cc1ccc(Br)c(NC(=O)NC2(CC(=O)O)CCC2)c1. The molecule has 0 saturated heterocycles. The number of hydrogen-bond acceptors (Lipinski definition) is 2. The molecule has 0 aliphatic heterocycles. The van der Waals surface area contributed by atoms with E-state index in [1.54, 1.807) is 0 Å². The lowest BCUT2D eigenvalue weighted by Crippen LogP contribution is -2.55. The van der Waals surface area contributed by atoms with Crippen molar-refractivity contribution in [3.8, 4) is 0 Å². The fraction of sp³-hybridized carbons (Fsp3) is 0.429. The number of carboxylic acids is 1. The monoisotopic (exact) mass is 340 g/mol. The van der Waals surface area contributed by atoms with Crippen LogP contribution in [-0.4, -0.2) is 22.6 Å². The van der Waals surface area contributed by atoms with Crippen molar-refractivity contribution in [2.24, 2.45) is 0 Å². The van der Waals surface area contributed by atoms with E-state index in [1.807, 2.05) is 25.1 Å². The van der Waals surface area contributed by atoms with Crippen LogP contribution in [-0.2, 0) is 4.79 Å². The number of urea groups is 1. The predicted molar refractivity (Wildman–Crippen MR) is 79.9 cm³/mol. The van der Waals surface area contributed by atoms with Crippen LogP contribution in [0.4, 0.5) is 10.5 Å². The Labute approximate surface area is 125 Å². The van der Waals surface area contributed by atoms with E-state index in [-0.39, 0.29) is 12.5 Å². The van der Waals surface area contributed by atoms with Crippen molar-refractivity contribution in [2.75, 3.05) is 5.32 Å². The van der Waals surface area contributed by atoms with Gasteiger partial charge in [0.05, 0.1) is 17.6 Å². The molecule has 1 fully saturated rings. The van der Waals surface area contributed by atoms with Gasteiger partial charge >= 0.3 is 12.0 Å². The van der Waals surface area contributed by atoms with Crippen LogP contribution in [0.2, 0.25) is 0 Å². The molecule has 0 bridgehead atoms. The number of benzene rings is 1. The minimum absolute atomic E-state index is 0.0323. The Hall–Kier alpha value is -1.56. The molecule has 1 aromatic rings. The average Bonchev–Trinajstić information content (AvgIpc) is 2.30. The maximum atomic E-state index is 12.0. The van der Waals surface area contributed by atoms with Crippen LogP contribution < -0.4 is 10.6 Å². The van der Waals surface area contributed by atoms with Gasteiger partial charge in [0.25, 0.3) is 0 Å². The number of carboxylic acid groups (broad SMARTS) is 1. The lowest BCUT2D eigenvalue weighted by atomic mass is 9.74. The molecular formula is C14H17BrN2O3. The fourth-order valence-electron chi connectivity index (χ4n) is 2.37. The predicted octanol–water partition coefficient (Wildman–Crippen LogP) is 3.28. The van der Waals surface area contributed by atoms with Gasteiger partial charge in [-0.25, -0.2) is 4.79 Å². The van der Waals surface area contributed by atoms with Gasteiger partial charge in [-0.15, -0.1) is 0 Å². The first-order chi connectivity index (χ1) is 9.40. The number of aliphatic carboxylic acids is 1. The summed E-state index contributed by atoms with van der Waals surface area (Å²) in [5.41, 5.74) is 1.12. The Kier molecular flexibility index (Phi) is 4.32. The summed E-state index contributed by atoms with van der Waals surface area (Å²) in [6.45, 7) is 1.94. The number of hydrogen-bond donors (Lipinski definition) is 3. The molecule has 0 radical (unpaired) electrons. The van der Waals surface area contributed by atoms with Gasteiger partial charge in [-0.05, 0) is 59.8 Å². The van der Waals surface area contributed by atoms with Crippen LogP contribution in [0.5, 0.6) is 0 Å². The minimum atomic E-state index is -0.887. The van der Waals surface area contributed by atoms with Gasteiger partial charge in [-0.3, -0.25) is 4.79 Å². The lowest BCUT2D eigenvalue weighted by molar-refractivity contribution is -0.139. The molecule has 0 heterocycles. The van der Waals surface area contributed by atoms with Crippen molar-refractivity contribution in [3.05, 3.63) is 28.2 Å². The Morgan fingerprint density at radius 1 is 1.40 bits per heavy atom. The van der Waals surface area contributed by atoms with Crippen molar-refractivity contribution >= 4 is 33.6 Å². The summed E-state index contributed by atoms with van der Waals surface area (Å²) in [5.74, 6) is -0.887.